The first-order chi connectivity index (χ1) is 7.63. The number of carbonyl (C=O) groups excluding carboxylic acids is 1. The second kappa shape index (κ2) is 3.15. The van der Waals surface area contributed by atoms with E-state index in [0.717, 1.165) is 0 Å². The fraction of sp³-hybridized carbons (Fsp3) is 0.800. The molecule has 2 aliphatic rings. The number of β-lactam (4-membered cyclic amide) rings is 1. The van der Waals surface area contributed by atoms with E-state index in [-0.39, 0.29) is 0 Å². The van der Waals surface area contributed by atoms with Gasteiger partial charge in [0.25, 0.3) is 0 Å². The number of hydrogen-bond donors (Lipinski definition) is 3. The molecule has 0 bridgehead atoms. The van der Waals surface area contributed by atoms with Crippen LogP contribution in [0.5, 0.6) is 0 Å². The number of aliphatic carboxylic acids is 1. The molecule has 0 aliphatic carbocycles. The summed E-state index contributed by atoms with van der Waals surface area (Å²) in [5.74, 6) is -1.54. The zero-order valence-electron chi connectivity index (χ0n) is 9.93. The number of aliphatic hydroxyl groups excluding tert-OH is 1. The van der Waals surface area contributed by atoms with Crippen LogP contribution in [-0.2, 0) is 9.59 Å². The summed E-state index contributed by atoms with van der Waals surface area (Å²) in [7, 11) is 0. The second-order valence-electron chi connectivity index (χ2n) is 5.23. The molecule has 6 nitrogen and oxygen atoms in total. The lowest BCUT2D eigenvalue weighted by Gasteiger charge is -2.53. The van der Waals surface area contributed by atoms with E-state index in [1.165, 1.54) is 23.6 Å². The van der Waals surface area contributed by atoms with Crippen molar-refractivity contribution in [2.24, 2.45) is 5.73 Å². The number of nitrogens with two attached hydrogens (primary N) is 1. The van der Waals surface area contributed by atoms with Gasteiger partial charge in [-0.15, -0.1) is 11.8 Å². The molecule has 17 heavy (non-hydrogen) atoms. The molecule has 2 fully saturated rings. The van der Waals surface area contributed by atoms with Crippen LogP contribution >= 0.6 is 11.8 Å². The van der Waals surface area contributed by atoms with E-state index >= 15 is 0 Å². The molecule has 2 aliphatic heterocycles. The Bertz CT molecular complexity index is 413. The number of rotatable bonds is 2. The van der Waals surface area contributed by atoms with Crippen molar-refractivity contribution in [3.8, 4) is 0 Å². The molecule has 3 atom stereocenters. The Morgan fingerprint density at radius 1 is 1.53 bits per heavy atom. The molecule has 1 amide bonds. The summed E-state index contributed by atoms with van der Waals surface area (Å²) in [6.45, 7) is 4.60. The molecule has 96 valence electrons. The monoisotopic (exact) mass is 260 g/mol. The zero-order chi connectivity index (χ0) is 13.2. The molecule has 0 spiro atoms. The third-order valence-electron chi connectivity index (χ3n) is 4.03. The van der Waals surface area contributed by atoms with Gasteiger partial charge in [0.2, 0.25) is 5.91 Å². The molecule has 0 aromatic heterocycles. The lowest BCUT2D eigenvalue weighted by Crippen LogP contribution is -2.81. The molecule has 0 aromatic rings. The summed E-state index contributed by atoms with van der Waals surface area (Å²) in [4.78, 5) is 24.7. The number of carboxylic acids is 1. The van der Waals surface area contributed by atoms with Crippen LogP contribution in [0.3, 0.4) is 0 Å². The van der Waals surface area contributed by atoms with E-state index in [1.54, 1.807) is 13.8 Å². The second-order valence-corrected chi connectivity index (χ2v) is 6.93. The first-order valence-electron chi connectivity index (χ1n) is 5.27. The number of hydrogen-bond acceptors (Lipinski definition) is 5. The van der Waals surface area contributed by atoms with E-state index < -0.39 is 39.7 Å². The van der Waals surface area contributed by atoms with Crippen molar-refractivity contribution < 1.29 is 19.8 Å². The Morgan fingerprint density at radius 3 is 2.47 bits per heavy atom. The van der Waals surface area contributed by atoms with Crippen LogP contribution in [0.2, 0.25) is 0 Å². The van der Waals surface area contributed by atoms with E-state index in [2.05, 4.69) is 0 Å². The van der Waals surface area contributed by atoms with Crippen LogP contribution in [0.25, 0.3) is 0 Å². The van der Waals surface area contributed by atoms with Crippen molar-refractivity contribution in [1.29, 1.82) is 0 Å². The quantitative estimate of drug-likeness (QED) is 0.562. The number of carboxylic acid groups (broad SMARTS) is 1. The van der Waals surface area contributed by atoms with E-state index in [1.807, 2.05) is 0 Å². The van der Waals surface area contributed by atoms with E-state index in [0.29, 0.717) is 0 Å². The van der Waals surface area contributed by atoms with Crippen molar-refractivity contribution in [2.75, 3.05) is 6.61 Å². The fourth-order valence-corrected chi connectivity index (χ4v) is 4.16. The normalized spacial score (nSPS) is 43.2. The van der Waals surface area contributed by atoms with Crippen LogP contribution < -0.4 is 5.73 Å². The number of fused-ring (bicyclic) bond motifs is 1. The fourth-order valence-electron chi connectivity index (χ4n) is 2.39. The predicted molar refractivity (Wildman–Crippen MR) is 62.3 cm³/mol. The highest BCUT2D eigenvalue weighted by molar-refractivity contribution is 8.01. The highest BCUT2D eigenvalue weighted by atomic mass is 32.2. The summed E-state index contributed by atoms with van der Waals surface area (Å²) < 4.78 is -0.657. The number of nitrogens with zero attached hydrogens (tertiary/aromatic N) is 1. The first kappa shape index (κ1) is 12.7. The molecule has 0 aromatic carbocycles. The molecule has 7 heteroatoms. The summed E-state index contributed by atoms with van der Waals surface area (Å²) in [5, 5.41) is 18.1. The Morgan fingerprint density at radius 2 is 2.06 bits per heavy atom. The van der Waals surface area contributed by atoms with Crippen LogP contribution in [0.4, 0.5) is 0 Å². The maximum atomic E-state index is 12.0. The highest BCUT2D eigenvalue weighted by Gasteiger charge is 2.75. The van der Waals surface area contributed by atoms with Gasteiger partial charge in [0.1, 0.15) is 10.9 Å². The Labute approximate surface area is 103 Å². The number of thioether (sulfide) groups is 1. The number of amides is 1. The van der Waals surface area contributed by atoms with E-state index in [9.17, 15) is 19.8 Å². The molecule has 0 saturated carbocycles. The van der Waals surface area contributed by atoms with Crippen molar-refractivity contribution in [3.05, 3.63) is 0 Å². The van der Waals surface area contributed by atoms with Crippen molar-refractivity contribution in [1.82, 2.24) is 4.90 Å². The molecule has 2 saturated heterocycles. The highest BCUT2D eigenvalue weighted by Crippen LogP contribution is 2.58. The largest absolute Gasteiger partial charge is 0.479 e. The van der Waals surface area contributed by atoms with Gasteiger partial charge in [0, 0.05) is 4.75 Å². The Kier molecular flexibility index (Phi) is 2.35. The predicted octanol–water partition coefficient (Wildman–Crippen LogP) is -0.787. The third kappa shape index (κ3) is 1.14. The SMILES string of the molecule is CC1(C)S[C@H]2N(C(=O)[C@]2(N)CO)[C@@]1(C)C(=O)O. The minimum absolute atomic E-state index is 0.466. The van der Waals surface area contributed by atoms with Gasteiger partial charge < -0.3 is 20.8 Å². The van der Waals surface area contributed by atoms with Gasteiger partial charge in [0.15, 0.2) is 5.54 Å². The third-order valence-corrected chi connectivity index (χ3v) is 5.87. The van der Waals surface area contributed by atoms with Gasteiger partial charge >= 0.3 is 5.97 Å². The van der Waals surface area contributed by atoms with Gasteiger partial charge in [-0.1, -0.05) is 0 Å². The molecule has 0 unspecified atom stereocenters. The first-order valence-corrected chi connectivity index (χ1v) is 6.15. The average Bonchev–Trinajstić information content (AvgIpc) is 2.45. The lowest BCUT2D eigenvalue weighted by atomic mass is 9.78. The van der Waals surface area contributed by atoms with E-state index in [4.69, 9.17) is 5.73 Å². The summed E-state index contributed by atoms with van der Waals surface area (Å²) >= 11 is 1.33. The molecule has 2 heterocycles. The topological polar surface area (TPSA) is 104 Å². The van der Waals surface area contributed by atoms with Crippen LogP contribution in [0.1, 0.15) is 20.8 Å². The standard InChI is InChI=1S/C10H16N2O4S/c1-8(2)9(3,7(15)16)12-5(14)10(11,4-13)6(12)17-8/h6,13H,4,11H2,1-3H3,(H,15,16)/t6-,9+,10-/m1/s1. The summed E-state index contributed by atoms with van der Waals surface area (Å²) in [5.41, 5.74) is 3.19. The molecule has 4 N–H and O–H groups in total. The molecular formula is C10H16N2O4S. The van der Waals surface area contributed by atoms with Gasteiger partial charge in [-0.2, -0.15) is 0 Å². The smallest absolute Gasteiger partial charge is 0.330 e. The van der Waals surface area contributed by atoms with Crippen molar-refractivity contribution in [2.45, 2.75) is 42.0 Å². The molecular weight excluding hydrogens is 244 g/mol. The number of carbonyl (C=O) groups is 2. The zero-order valence-corrected chi connectivity index (χ0v) is 10.7. The minimum atomic E-state index is -1.34. The maximum absolute atomic E-state index is 12.0. The van der Waals surface area contributed by atoms with Crippen molar-refractivity contribution in [3.63, 3.8) is 0 Å². The maximum Gasteiger partial charge on any atom is 0.330 e. The Hall–Kier alpha value is -0.790. The van der Waals surface area contributed by atoms with Gasteiger partial charge in [-0.05, 0) is 20.8 Å². The molecule has 2 rings (SSSR count). The minimum Gasteiger partial charge on any atom is -0.479 e. The van der Waals surface area contributed by atoms with Crippen LogP contribution in [0, 0.1) is 0 Å². The average molecular weight is 260 g/mol. The van der Waals surface area contributed by atoms with Gasteiger partial charge in [-0.25, -0.2) is 4.79 Å². The van der Waals surface area contributed by atoms with Crippen LogP contribution in [-0.4, -0.2) is 54.8 Å². The van der Waals surface area contributed by atoms with Crippen molar-refractivity contribution >= 4 is 23.6 Å². The molecule has 0 radical (unpaired) electrons. The van der Waals surface area contributed by atoms with Crippen LogP contribution in [0.15, 0.2) is 0 Å². The summed E-state index contributed by atoms with van der Waals surface area (Å²) in [6, 6.07) is 0. The summed E-state index contributed by atoms with van der Waals surface area (Å²) in [6.07, 6.45) is 0. The lowest BCUT2D eigenvalue weighted by molar-refractivity contribution is -0.177. The van der Waals surface area contributed by atoms with Gasteiger partial charge in [0.05, 0.1) is 6.61 Å². The van der Waals surface area contributed by atoms with Gasteiger partial charge in [-0.3, -0.25) is 4.79 Å². The Balaban J connectivity index is 2.47. The number of aliphatic hydroxyl groups is 1.